The first-order chi connectivity index (χ1) is 7.79. The zero-order valence-electron chi connectivity index (χ0n) is 11.7. The lowest BCUT2D eigenvalue weighted by Gasteiger charge is -2.38. The molecule has 0 bridgehead atoms. The first-order valence-electron chi connectivity index (χ1n) is 6.53. The van der Waals surface area contributed by atoms with Gasteiger partial charge in [-0.15, -0.1) is 0 Å². The molecule has 0 saturated heterocycles. The third-order valence-electron chi connectivity index (χ3n) is 2.91. The monoisotopic (exact) mass is 221 g/mol. The number of nitrogens with zero attached hydrogens (tertiary/aromatic N) is 1. The minimum atomic E-state index is 0.597. The molecule has 0 aromatic carbocycles. The predicted molar refractivity (Wildman–Crippen MR) is 74.4 cm³/mol. The molecule has 0 amide bonds. The molecule has 1 aliphatic carbocycles. The summed E-state index contributed by atoms with van der Waals surface area (Å²) in [5.74, 6) is 0.698. The Hall–Kier alpha value is -0.980. The van der Waals surface area contributed by atoms with Crippen molar-refractivity contribution in [3.8, 4) is 0 Å². The molecule has 2 atom stereocenters. The van der Waals surface area contributed by atoms with Gasteiger partial charge in [-0.3, -0.25) is 0 Å². The highest BCUT2D eigenvalue weighted by Crippen LogP contribution is 2.28. The molecule has 0 saturated carbocycles. The van der Waals surface area contributed by atoms with Crippen LogP contribution in [0.25, 0.3) is 0 Å². The van der Waals surface area contributed by atoms with Crippen LogP contribution in [0.3, 0.4) is 0 Å². The van der Waals surface area contributed by atoms with Crippen LogP contribution >= 0.6 is 0 Å². The van der Waals surface area contributed by atoms with E-state index < -0.39 is 0 Å². The molecule has 1 nitrogen and oxygen atoms in total. The molecule has 16 heavy (non-hydrogen) atoms. The van der Waals surface area contributed by atoms with E-state index in [4.69, 9.17) is 0 Å². The van der Waals surface area contributed by atoms with Crippen LogP contribution in [-0.4, -0.2) is 18.0 Å². The van der Waals surface area contributed by atoms with E-state index in [0.29, 0.717) is 12.0 Å². The van der Waals surface area contributed by atoms with E-state index in [2.05, 4.69) is 49.3 Å². The van der Waals surface area contributed by atoms with E-state index >= 15 is 0 Å². The van der Waals surface area contributed by atoms with Crippen LogP contribution in [-0.2, 0) is 0 Å². The molecule has 1 aliphatic heterocycles. The molecule has 92 valence electrons. The van der Waals surface area contributed by atoms with Crippen molar-refractivity contribution in [2.75, 3.05) is 7.05 Å². The van der Waals surface area contributed by atoms with Crippen molar-refractivity contribution >= 4 is 0 Å². The summed E-state index contributed by atoms with van der Waals surface area (Å²) in [5, 5.41) is 0. The van der Waals surface area contributed by atoms with Gasteiger partial charge in [-0.1, -0.05) is 58.1 Å². The molecule has 2 rings (SSSR count). The number of rotatable bonds is 0. The fourth-order valence-corrected chi connectivity index (χ4v) is 1.96. The summed E-state index contributed by atoms with van der Waals surface area (Å²) < 4.78 is 0. The van der Waals surface area contributed by atoms with Gasteiger partial charge in [-0.2, -0.15) is 0 Å². The maximum absolute atomic E-state index is 2.36. The van der Waals surface area contributed by atoms with E-state index in [-0.39, 0.29) is 0 Å². The van der Waals surface area contributed by atoms with Crippen molar-refractivity contribution in [3.05, 3.63) is 36.1 Å². The highest BCUT2D eigenvalue weighted by atomic mass is 15.1. The second-order valence-electron chi connectivity index (χ2n) is 3.62. The molecular formula is C15H27N. The van der Waals surface area contributed by atoms with E-state index in [1.165, 1.54) is 12.1 Å². The normalized spacial score (nSPS) is 25.6. The third-order valence-corrected chi connectivity index (χ3v) is 2.91. The van der Waals surface area contributed by atoms with Crippen LogP contribution in [0.2, 0.25) is 0 Å². The van der Waals surface area contributed by atoms with Crippen molar-refractivity contribution in [1.29, 1.82) is 0 Å². The predicted octanol–water partition coefficient (Wildman–Crippen LogP) is 4.39. The van der Waals surface area contributed by atoms with Crippen molar-refractivity contribution in [1.82, 2.24) is 4.90 Å². The number of allylic oxidation sites excluding steroid dienone is 4. The second kappa shape index (κ2) is 8.20. The quantitative estimate of drug-likeness (QED) is 0.586. The SMILES string of the molecule is CC.CC.CC1=CCC2C=CC=CC2N1C. The Morgan fingerprint density at radius 1 is 1.06 bits per heavy atom. The maximum Gasteiger partial charge on any atom is 0.0535 e. The highest BCUT2D eigenvalue weighted by Gasteiger charge is 2.25. The lowest BCUT2D eigenvalue weighted by Crippen LogP contribution is -2.38. The molecule has 0 fully saturated rings. The van der Waals surface area contributed by atoms with Crippen LogP contribution < -0.4 is 0 Å². The summed E-state index contributed by atoms with van der Waals surface area (Å²) in [6, 6.07) is 0.597. The zero-order chi connectivity index (χ0) is 12.6. The summed E-state index contributed by atoms with van der Waals surface area (Å²) >= 11 is 0. The summed E-state index contributed by atoms with van der Waals surface area (Å²) in [6.45, 7) is 10.2. The van der Waals surface area contributed by atoms with Crippen LogP contribution in [0, 0.1) is 5.92 Å². The topological polar surface area (TPSA) is 3.24 Å². The lowest BCUT2D eigenvalue weighted by atomic mass is 9.88. The van der Waals surface area contributed by atoms with Gasteiger partial charge in [0, 0.05) is 18.7 Å². The van der Waals surface area contributed by atoms with Gasteiger partial charge in [0.1, 0.15) is 0 Å². The van der Waals surface area contributed by atoms with Crippen molar-refractivity contribution < 1.29 is 0 Å². The standard InChI is InChI=1S/C11H15N.2C2H6/c1-9-7-8-10-5-3-4-6-11(10)12(9)2;2*1-2/h3-7,10-11H,8H2,1-2H3;2*1-2H3. The molecule has 0 spiro atoms. The molecule has 0 N–H and O–H groups in total. The average molecular weight is 221 g/mol. The Labute approximate surface area is 102 Å². The first kappa shape index (κ1) is 15.0. The number of likely N-dealkylation sites (N-methyl/N-ethyl adjacent to an activating group) is 1. The second-order valence-corrected chi connectivity index (χ2v) is 3.62. The minimum Gasteiger partial charge on any atom is -0.371 e. The van der Waals surface area contributed by atoms with Crippen LogP contribution in [0.15, 0.2) is 36.1 Å². The van der Waals surface area contributed by atoms with Crippen LogP contribution in [0.4, 0.5) is 0 Å². The van der Waals surface area contributed by atoms with Gasteiger partial charge in [-0.05, 0) is 13.3 Å². The summed E-state index contributed by atoms with van der Waals surface area (Å²) in [4.78, 5) is 2.36. The van der Waals surface area contributed by atoms with E-state index in [1.807, 2.05) is 27.7 Å². The number of fused-ring (bicyclic) bond motifs is 1. The minimum absolute atomic E-state index is 0.597. The lowest BCUT2D eigenvalue weighted by molar-refractivity contribution is 0.271. The summed E-state index contributed by atoms with van der Waals surface area (Å²) in [6.07, 6.45) is 12.4. The van der Waals surface area contributed by atoms with Crippen molar-refractivity contribution in [3.63, 3.8) is 0 Å². The Balaban J connectivity index is 0.000000509. The molecular weight excluding hydrogens is 194 g/mol. The van der Waals surface area contributed by atoms with Crippen molar-refractivity contribution in [2.45, 2.75) is 47.1 Å². The fourth-order valence-electron chi connectivity index (χ4n) is 1.96. The van der Waals surface area contributed by atoms with E-state index in [0.717, 1.165) is 0 Å². The number of hydrogen-bond acceptors (Lipinski definition) is 1. The molecule has 1 heterocycles. The molecule has 0 aromatic rings. The summed E-state index contributed by atoms with van der Waals surface area (Å²) in [5.41, 5.74) is 1.40. The van der Waals surface area contributed by atoms with Gasteiger partial charge in [0.05, 0.1) is 6.04 Å². The van der Waals surface area contributed by atoms with Gasteiger partial charge in [0.2, 0.25) is 0 Å². The molecule has 2 aliphatic rings. The van der Waals surface area contributed by atoms with Gasteiger partial charge >= 0.3 is 0 Å². The Morgan fingerprint density at radius 3 is 2.25 bits per heavy atom. The average Bonchev–Trinajstić information content (AvgIpc) is 2.39. The molecule has 0 radical (unpaired) electrons. The van der Waals surface area contributed by atoms with Crippen molar-refractivity contribution in [2.24, 2.45) is 5.92 Å². The number of hydrogen-bond donors (Lipinski definition) is 0. The largest absolute Gasteiger partial charge is 0.371 e. The maximum atomic E-state index is 2.36. The van der Waals surface area contributed by atoms with Gasteiger partial charge in [0.25, 0.3) is 0 Å². The van der Waals surface area contributed by atoms with Crippen LogP contribution in [0.1, 0.15) is 41.0 Å². The zero-order valence-corrected chi connectivity index (χ0v) is 11.7. The molecule has 2 unspecified atom stereocenters. The first-order valence-corrected chi connectivity index (χ1v) is 6.53. The van der Waals surface area contributed by atoms with Gasteiger partial charge in [-0.25, -0.2) is 0 Å². The fraction of sp³-hybridized carbons (Fsp3) is 0.600. The van der Waals surface area contributed by atoms with Crippen LogP contribution in [0.5, 0.6) is 0 Å². The van der Waals surface area contributed by atoms with E-state index in [9.17, 15) is 0 Å². The summed E-state index contributed by atoms with van der Waals surface area (Å²) in [7, 11) is 2.17. The molecule has 0 aromatic heterocycles. The van der Waals surface area contributed by atoms with Gasteiger partial charge in [0.15, 0.2) is 0 Å². The van der Waals surface area contributed by atoms with Gasteiger partial charge < -0.3 is 4.90 Å². The Kier molecular flexibility index (Phi) is 7.70. The Morgan fingerprint density at radius 2 is 1.62 bits per heavy atom. The highest BCUT2D eigenvalue weighted by molar-refractivity contribution is 5.23. The van der Waals surface area contributed by atoms with E-state index in [1.54, 1.807) is 0 Å². The third kappa shape index (κ3) is 3.55. The Bertz CT molecular complexity index is 259. The smallest absolute Gasteiger partial charge is 0.0535 e. The molecule has 1 heteroatoms.